The Morgan fingerprint density at radius 3 is 2.96 bits per heavy atom. The summed E-state index contributed by atoms with van der Waals surface area (Å²) in [5.74, 6) is 1.32. The summed E-state index contributed by atoms with van der Waals surface area (Å²) in [6.07, 6.45) is 1.45. The minimum absolute atomic E-state index is 0.167. The second kappa shape index (κ2) is 7.18. The molecule has 3 heterocycles. The van der Waals surface area contributed by atoms with Crippen molar-refractivity contribution in [3.63, 3.8) is 0 Å². The van der Waals surface area contributed by atoms with E-state index in [1.807, 2.05) is 20.8 Å². The van der Waals surface area contributed by atoms with Crippen LogP contribution in [0.3, 0.4) is 0 Å². The largest absolute Gasteiger partial charge is 0.455 e. The Hall–Kier alpha value is -2.13. The molecule has 0 saturated carbocycles. The third kappa shape index (κ3) is 3.85. The van der Waals surface area contributed by atoms with Gasteiger partial charge in [-0.25, -0.2) is 9.97 Å². The average Bonchev–Trinajstić information content (AvgIpc) is 3.25. The van der Waals surface area contributed by atoms with Crippen molar-refractivity contribution in [1.29, 1.82) is 0 Å². The van der Waals surface area contributed by atoms with Gasteiger partial charge in [0.05, 0.1) is 22.5 Å². The fourth-order valence-corrected chi connectivity index (χ4v) is 3.85. The summed E-state index contributed by atoms with van der Waals surface area (Å²) in [5, 5.41) is 11.2. The smallest absolute Gasteiger partial charge is 0.287 e. The van der Waals surface area contributed by atoms with Gasteiger partial charge in [0.15, 0.2) is 10.9 Å². The van der Waals surface area contributed by atoms with Gasteiger partial charge in [0.1, 0.15) is 12.1 Å². The number of carbonyl (C=O) groups excluding carboxylic acids is 1. The monoisotopic (exact) mass is 363 g/mol. The van der Waals surface area contributed by atoms with Crippen LogP contribution in [0.25, 0.3) is 0 Å². The molecule has 0 spiro atoms. The first-order chi connectivity index (χ1) is 11.5. The molecule has 0 saturated heterocycles. The van der Waals surface area contributed by atoms with Gasteiger partial charge in [0, 0.05) is 4.88 Å². The van der Waals surface area contributed by atoms with Crippen molar-refractivity contribution in [2.45, 2.75) is 37.7 Å². The van der Waals surface area contributed by atoms with E-state index in [-0.39, 0.29) is 11.9 Å². The molecule has 9 heteroatoms. The second-order valence-electron chi connectivity index (χ2n) is 5.21. The molecule has 0 radical (unpaired) electrons. The van der Waals surface area contributed by atoms with Gasteiger partial charge < -0.3 is 9.73 Å². The highest BCUT2D eigenvalue weighted by Crippen LogP contribution is 2.23. The third-order valence-corrected chi connectivity index (χ3v) is 5.13. The zero-order chi connectivity index (χ0) is 17.1. The molecule has 0 aliphatic rings. The number of nitrogens with zero attached hydrogens (tertiary/aromatic N) is 3. The number of aromatic amines is 1. The summed E-state index contributed by atoms with van der Waals surface area (Å²) in [6, 6.07) is 3.30. The quantitative estimate of drug-likeness (QED) is 0.653. The Kier molecular flexibility index (Phi) is 5.00. The minimum atomic E-state index is -0.247. The van der Waals surface area contributed by atoms with Crippen LogP contribution in [0.2, 0.25) is 0 Å². The predicted molar refractivity (Wildman–Crippen MR) is 92.1 cm³/mol. The number of thiazole rings is 1. The lowest BCUT2D eigenvalue weighted by atomic mass is 10.2. The van der Waals surface area contributed by atoms with Crippen LogP contribution < -0.4 is 5.32 Å². The van der Waals surface area contributed by atoms with Gasteiger partial charge in [-0.3, -0.25) is 9.89 Å². The fourth-order valence-electron chi connectivity index (χ4n) is 2.26. The summed E-state index contributed by atoms with van der Waals surface area (Å²) in [5.41, 5.74) is 0.901. The maximum Gasteiger partial charge on any atom is 0.287 e. The van der Waals surface area contributed by atoms with Crippen molar-refractivity contribution in [2.75, 3.05) is 0 Å². The van der Waals surface area contributed by atoms with Crippen molar-refractivity contribution in [3.05, 3.63) is 45.6 Å². The van der Waals surface area contributed by atoms with E-state index in [0.29, 0.717) is 22.4 Å². The summed E-state index contributed by atoms with van der Waals surface area (Å²) >= 11 is 3.08. The number of hydrogen-bond acceptors (Lipinski definition) is 7. The van der Waals surface area contributed by atoms with Crippen LogP contribution in [0.4, 0.5) is 0 Å². The summed E-state index contributed by atoms with van der Waals surface area (Å²) in [4.78, 5) is 21.9. The maximum atomic E-state index is 12.3. The van der Waals surface area contributed by atoms with Gasteiger partial charge in [-0.2, -0.15) is 5.10 Å². The van der Waals surface area contributed by atoms with E-state index < -0.39 is 0 Å². The highest BCUT2D eigenvalue weighted by atomic mass is 32.2. The van der Waals surface area contributed by atoms with Gasteiger partial charge in [0.2, 0.25) is 0 Å². The van der Waals surface area contributed by atoms with E-state index in [1.54, 1.807) is 23.5 Å². The molecular formula is C15H17N5O2S2. The third-order valence-electron chi connectivity index (χ3n) is 3.33. The van der Waals surface area contributed by atoms with Crippen LogP contribution in [0, 0.1) is 13.8 Å². The first-order valence-corrected chi connectivity index (χ1v) is 9.15. The van der Waals surface area contributed by atoms with E-state index >= 15 is 0 Å². The van der Waals surface area contributed by atoms with Gasteiger partial charge in [-0.1, -0.05) is 11.8 Å². The molecule has 0 fully saturated rings. The molecule has 1 unspecified atom stereocenters. The zero-order valence-electron chi connectivity index (χ0n) is 13.5. The average molecular weight is 363 g/mol. The van der Waals surface area contributed by atoms with Gasteiger partial charge >= 0.3 is 0 Å². The SMILES string of the molecule is Cc1nc(C(C)NC(=O)c2ccc(CSc3ncn[nH]3)o2)c(C)s1. The second-order valence-corrected chi connectivity index (χ2v) is 7.59. The summed E-state index contributed by atoms with van der Waals surface area (Å²) in [6.45, 7) is 5.89. The number of carbonyl (C=O) groups is 1. The minimum Gasteiger partial charge on any atom is -0.455 e. The van der Waals surface area contributed by atoms with Crippen LogP contribution in [-0.2, 0) is 5.75 Å². The van der Waals surface area contributed by atoms with Crippen molar-refractivity contribution >= 4 is 29.0 Å². The Balaban J connectivity index is 1.60. The molecule has 24 heavy (non-hydrogen) atoms. The fraction of sp³-hybridized carbons (Fsp3) is 0.333. The summed E-state index contributed by atoms with van der Waals surface area (Å²) in [7, 11) is 0. The lowest BCUT2D eigenvalue weighted by Crippen LogP contribution is -2.26. The molecule has 0 bridgehead atoms. The number of rotatable bonds is 6. The molecule has 3 aromatic rings. The van der Waals surface area contributed by atoms with Gasteiger partial charge in [-0.05, 0) is 32.9 Å². The first kappa shape index (κ1) is 16.7. The number of amides is 1. The Bertz CT molecular complexity index is 825. The number of nitrogens with one attached hydrogen (secondary N) is 2. The molecule has 126 valence electrons. The maximum absolute atomic E-state index is 12.3. The molecule has 1 atom stereocenters. The van der Waals surface area contributed by atoms with Crippen LogP contribution in [0.1, 0.15) is 44.9 Å². The highest BCUT2D eigenvalue weighted by Gasteiger charge is 2.18. The first-order valence-electron chi connectivity index (χ1n) is 7.34. The molecule has 2 N–H and O–H groups in total. The van der Waals surface area contributed by atoms with Crippen molar-refractivity contribution in [2.24, 2.45) is 0 Å². The van der Waals surface area contributed by atoms with Gasteiger partial charge in [0.25, 0.3) is 5.91 Å². The van der Waals surface area contributed by atoms with E-state index in [4.69, 9.17) is 4.42 Å². The van der Waals surface area contributed by atoms with E-state index in [1.165, 1.54) is 18.1 Å². The molecule has 3 rings (SSSR count). The van der Waals surface area contributed by atoms with Gasteiger partial charge in [-0.15, -0.1) is 11.3 Å². The van der Waals surface area contributed by atoms with Crippen molar-refractivity contribution in [3.8, 4) is 0 Å². The van der Waals surface area contributed by atoms with E-state index in [0.717, 1.165) is 15.6 Å². The Labute approximate surface area is 147 Å². The van der Waals surface area contributed by atoms with E-state index in [2.05, 4.69) is 25.5 Å². The van der Waals surface area contributed by atoms with Crippen LogP contribution in [0.15, 0.2) is 28.0 Å². The summed E-state index contributed by atoms with van der Waals surface area (Å²) < 4.78 is 5.60. The number of furan rings is 1. The van der Waals surface area contributed by atoms with Crippen LogP contribution in [0.5, 0.6) is 0 Å². The van der Waals surface area contributed by atoms with Crippen molar-refractivity contribution < 1.29 is 9.21 Å². The molecule has 0 aliphatic heterocycles. The molecule has 0 aromatic carbocycles. The van der Waals surface area contributed by atoms with Crippen LogP contribution >= 0.6 is 23.1 Å². The standard InChI is InChI=1S/C15H17N5O2S2/c1-8(13-9(2)24-10(3)19-13)18-14(21)12-5-4-11(22-12)6-23-15-16-7-17-20-15/h4-5,7-8H,6H2,1-3H3,(H,18,21)(H,16,17,20). The number of hydrogen-bond donors (Lipinski definition) is 2. The Morgan fingerprint density at radius 1 is 1.46 bits per heavy atom. The molecule has 1 amide bonds. The predicted octanol–water partition coefficient (Wildman–Crippen LogP) is 3.25. The molecule has 0 aliphatic carbocycles. The van der Waals surface area contributed by atoms with E-state index in [9.17, 15) is 4.79 Å². The number of H-pyrrole nitrogens is 1. The normalized spacial score (nSPS) is 12.3. The highest BCUT2D eigenvalue weighted by molar-refractivity contribution is 7.98. The lowest BCUT2D eigenvalue weighted by molar-refractivity contribution is 0.0909. The van der Waals surface area contributed by atoms with Crippen molar-refractivity contribution in [1.82, 2.24) is 25.5 Å². The lowest BCUT2D eigenvalue weighted by Gasteiger charge is -2.11. The Morgan fingerprint density at radius 2 is 2.29 bits per heavy atom. The molecule has 7 nitrogen and oxygen atoms in total. The van der Waals surface area contributed by atoms with Crippen LogP contribution in [-0.4, -0.2) is 26.1 Å². The number of thioether (sulfide) groups is 1. The number of aryl methyl sites for hydroxylation is 2. The molecule has 3 aromatic heterocycles. The zero-order valence-corrected chi connectivity index (χ0v) is 15.1. The topological polar surface area (TPSA) is 96.7 Å². The number of aromatic nitrogens is 4. The molecular weight excluding hydrogens is 346 g/mol.